The van der Waals surface area contributed by atoms with Gasteiger partial charge in [0.2, 0.25) is 0 Å². The van der Waals surface area contributed by atoms with Crippen molar-refractivity contribution in [1.82, 2.24) is 0 Å². The SMILES string of the molecule is CCCCC[C@@H](O)/C=C/[C@H]1[C@H](C/C=C\CCCC(=O)O)[C@H](O)C[C@@H]1O. The predicted octanol–water partition coefficient (Wildman–Crippen LogP) is 3.04. The lowest BCUT2D eigenvalue weighted by Crippen LogP contribution is -2.20. The van der Waals surface area contributed by atoms with Gasteiger partial charge in [0.05, 0.1) is 18.3 Å². The third-order valence-corrected chi connectivity index (χ3v) is 4.91. The summed E-state index contributed by atoms with van der Waals surface area (Å²) in [5.74, 6) is -1.00. The van der Waals surface area contributed by atoms with Gasteiger partial charge in [-0.2, -0.15) is 0 Å². The Balaban J connectivity index is 2.46. The van der Waals surface area contributed by atoms with Crippen molar-refractivity contribution in [3.8, 4) is 0 Å². The molecule has 0 radical (unpaired) electrons. The van der Waals surface area contributed by atoms with Gasteiger partial charge in [-0.05, 0) is 31.6 Å². The van der Waals surface area contributed by atoms with Crippen LogP contribution < -0.4 is 0 Å². The highest BCUT2D eigenvalue weighted by molar-refractivity contribution is 5.66. The first-order valence-electron chi connectivity index (χ1n) is 9.55. The molecule has 5 heteroatoms. The van der Waals surface area contributed by atoms with Crippen LogP contribution in [0, 0.1) is 11.8 Å². The van der Waals surface area contributed by atoms with E-state index in [2.05, 4.69) is 6.92 Å². The summed E-state index contributed by atoms with van der Waals surface area (Å²) in [4.78, 5) is 10.5. The molecule has 1 saturated carbocycles. The molecule has 0 aromatic carbocycles. The quantitative estimate of drug-likeness (QED) is 0.319. The highest BCUT2D eigenvalue weighted by Crippen LogP contribution is 2.36. The van der Waals surface area contributed by atoms with Gasteiger partial charge in [-0.25, -0.2) is 0 Å². The first-order chi connectivity index (χ1) is 12.0. The Kier molecular flexibility index (Phi) is 10.7. The fraction of sp³-hybridized carbons (Fsp3) is 0.750. The van der Waals surface area contributed by atoms with Crippen LogP contribution in [0.1, 0.15) is 64.7 Å². The standard InChI is InChI=1S/C20H34O5/c1-2-3-6-9-15(21)12-13-17-16(18(22)14-19(17)23)10-7-4-5-8-11-20(24)25/h4,7,12-13,15-19,21-23H,2-3,5-6,8-11,14H2,1H3,(H,24,25)/b7-4-,13-12+/t15-,16+,17+,18-,19+/m1/s1. The number of carboxylic acid groups (broad SMARTS) is 1. The molecule has 0 aliphatic heterocycles. The molecule has 1 aliphatic rings. The number of aliphatic carboxylic acids is 1. The summed E-state index contributed by atoms with van der Waals surface area (Å²) < 4.78 is 0. The van der Waals surface area contributed by atoms with Gasteiger partial charge in [-0.1, -0.05) is 50.5 Å². The molecule has 0 aromatic rings. The number of allylic oxidation sites excluding steroid dienone is 2. The van der Waals surface area contributed by atoms with E-state index in [4.69, 9.17) is 5.11 Å². The third-order valence-electron chi connectivity index (χ3n) is 4.91. The number of hydrogen-bond acceptors (Lipinski definition) is 4. The maximum atomic E-state index is 10.5. The van der Waals surface area contributed by atoms with Crippen molar-refractivity contribution in [3.05, 3.63) is 24.3 Å². The molecule has 5 atom stereocenters. The van der Waals surface area contributed by atoms with E-state index in [1.54, 1.807) is 6.08 Å². The van der Waals surface area contributed by atoms with Gasteiger partial charge in [-0.15, -0.1) is 0 Å². The van der Waals surface area contributed by atoms with Crippen LogP contribution >= 0.6 is 0 Å². The second kappa shape index (κ2) is 12.2. The predicted molar refractivity (Wildman–Crippen MR) is 98.1 cm³/mol. The van der Waals surface area contributed by atoms with Gasteiger partial charge in [0.25, 0.3) is 0 Å². The Bertz CT molecular complexity index is 432. The average molecular weight is 354 g/mol. The van der Waals surface area contributed by atoms with Crippen molar-refractivity contribution >= 4 is 5.97 Å². The van der Waals surface area contributed by atoms with Crippen LogP contribution in [0.4, 0.5) is 0 Å². The summed E-state index contributed by atoms with van der Waals surface area (Å²) in [5.41, 5.74) is 0. The lowest BCUT2D eigenvalue weighted by Gasteiger charge is -2.19. The number of aliphatic hydroxyl groups is 3. The van der Waals surface area contributed by atoms with Gasteiger partial charge in [0, 0.05) is 18.8 Å². The minimum Gasteiger partial charge on any atom is -0.481 e. The molecule has 4 N–H and O–H groups in total. The van der Waals surface area contributed by atoms with Crippen LogP contribution in [-0.4, -0.2) is 44.7 Å². The van der Waals surface area contributed by atoms with Gasteiger partial charge < -0.3 is 20.4 Å². The largest absolute Gasteiger partial charge is 0.481 e. The monoisotopic (exact) mass is 354 g/mol. The van der Waals surface area contributed by atoms with Crippen LogP contribution in [0.25, 0.3) is 0 Å². The normalized spacial score (nSPS) is 28.2. The summed E-state index contributed by atoms with van der Waals surface area (Å²) in [5, 5.41) is 39.0. The molecule has 144 valence electrons. The Morgan fingerprint density at radius 2 is 1.92 bits per heavy atom. The Morgan fingerprint density at radius 1 is 1.16 bits per heavy atom. The molecule has 5 nitrogen and oxygen atoms in total. The number of carboxylic acids is 1. The molecular formula is C20H34O5. The van der Waals surface area contributed by atoms with Crippen molar-refractivity contribution < 1.29 is 25.2 Å². The summed E-state index contributed by atoms with van der Waals surface area (Å²) in [6.07, 6.45) is 12.3. The number of hydrogen-bond donors (Lipinski definition) is 4. The summed E-state index contributed by atoms with van der Waals surface area (Å²) >= 11 is 0. The van der Waals surface area contributed by atoms with Crippen molar-refractivity contribution in [1.29, 1.82) is 0 Å². The summed E-state index contributed by atoms with van der Waals surface area (Å²) in [6.45, 7) is 2.12. The number of carbonyl (C=O) groups is 1. The van der Waals surface area contributed by atoms with Gasteiger partial charge in [0.15, 0.2) is 0 Å². The molecular weight excluding hydrogens is 320 g/mol. The van der Waals surface area contributed by atoms with E-state index in [9.17, 15) is 20.1 Å². The molecule has 1 fully saturated rings. The molecule has 0 unspecified atom stereocenters. The minimum atomic E-state index is -0.787. The van der Waals surface area contributed by atoms with E-state index >= 15 is 0 Å². The van der Waals surface area contributed by atoms with Crippen LogP contribution in [-0.2, 0) is 4.79 Å². The molecule has 0 saturated heterocycles. The maximum absolute atomic E-state index is 10.5. The zero-order chi connectivity index (χ0) is 18.7. The molecule has 1 rings (SSSR count). The molecule has 0 heterocycles. The fourth-order valence-corrected chi connectivity index (χ4v) is 3.41. The molecule has 1 aliphatic carbocycles. The zero-order valence-electron chi connectivity index (χ0n) is 15.3. The lowest BCUT2D eigenvalue weighted by atomic mass is 9.89. The first-order valence-corrected chi connectivity index (χ1v) is 9.55. The summed E-state index contributed by atoms with van der Waals surface area (Å²) in [7, 11) is 0. The van der Waals surface area contributed by atoms with Crippen molar-refractivity contribution in [3.63, 3.8) is 0 Å². The maximum Gasteiger partial charge on any atom is 0.303 e. The average Bonchev–Trinajstić information content (AvgIpc) is 2.82. The van der Waals surface area contributed by atoms with Crippen LogP contribution in [0.5, 0.6) is 0 Å². The Labute approximate surface area is 151 Å². The molecule has 0 amide bonds. The van der Waals surface area contributed by atoms with E-state index < -0.39 is 24.3 Å². The highest BCUT2D eigenvalue weighted by atomic mass is 16.4. The van der Waals surface area contributed by atoms with E-state index in [1.807, 2.05) is 18.2 Å². The topological polar surface area (TPSA) is 98.0 Å². The molecule has 0 aromatic heterocycles. The fourth-order valence-electron chi connectivity index (χ4n) is 3.41. The van der Waals surface area contributed by atoms with Crippen LogP contribution in [0.15, 0.2) is 24.3 Å². The van der Waals surface area contributed by atoms with E-state index in [0.717, 1.165) is 25.7 Å². The van der Waals surface area contributed by atoms with Crippen molar-refractivity contribution in [2.24, 2.45) is 11.8 Å². The number of rotatable bonds is 12. The Hall–Kier alpha value is -1.17. The minimum absolute atomic E-state index is 0.0650. The lowest BCUT2D eigenvalue weighted by molar-refractivity contribution is -0.137. The van der Waals surface area contributed by atoms with Crippen molar-refractivity contribution in [2.75, 3.05) is 0 Å². The molecule has 0 spiro atoms. The zero-order valence-corrected chi connectivity index (χ0v) is 15.3. The second-order valence-electron chi connectivity index (χ2n) is 7.05. The molecule has 0 bridgehead atoms. The third kappa shape index (κ3) is 8.66. The first kappa shape index (κ1) is 21.9. The second-order valence-corrected chi connectivity index (χ2v) is 7.05. The van der Waals surface area contributed by atoms with Crippen molar-refractivity contribution in [2.45, 2.75) is 83.0 Å². The number of unbranched alkanes of at least 4 members (excludes halogenated alkanes) is 3. The van der Waals surface area contributed by atoms with E-state index in [0.29, 0.717) is 25.7 Å². The smallest absolute Gasteiger partial charge is 0.303 e. The summed E-state index contributed by atoms with van der Waals surface area (Å²) in [6, 6.07) is 0. The van der Waals surface area contributed by atoms with Crippen LogP contribution in [0.3, 0.4) is 0 Å². The van der Waals surface area contributed by atoms with Gasteiger partial charge in [0.1, 0.15) is 0 Å². The van der Waals surface area contributed by atoms with Gasteiger partial charge >= 0.3 is 5.97 Å². The van der Waals surface area contributed by atoms with Gasteiger partial charge in [-0.3, -0.25) is 4.79 Å². The highest BCUT2D eigenvalue weighted by Gasteiger charge is 2.39. The van der Waals surface area contributed by atoms with E-state index in [-0.39, 0.29) is 18.3 Å². The van der Waals surface area contributed by atoms with E-state index in [1.165, 1.54) is 0 Å². The Morgan fingerprint density at radius 3 is 2.60 bits per heavy atom. The number of aliphatic hydroxyl groups excluding tert-OH is 3. The van der Waals surface area contributed by atoms with Crippen LogP contribution in [0.2, 0.25) is 0 Å². The molecule has 25 heavy (non-hydrogen) atoms.